The first-order chi connectivity index (χ1) is 9.75. The molecular weight excluding hydrogens is 281 g/mol. The summed E-state index contributed by atoms with van der Waals surface area (Å²) in [7, 11) is 0. The molecule has 0 aromatic carbocycles. The summed E-state index contributed by atoms with van der Waals surface area (Å²) in [5.41, 5.74) is 6.33. The Labute approximate surface area is 119 Å². The molecule has 112 valence electrons. The predicted molar refractivity (Wildman–Crippen MR) is 72.6 cm³/mol. The molecule has 0 amide bonds. The molecule has 3 rings (SSSR count). The lowest BCUT2D eigenvalue weighted by molar-refractivity contribution is -0.0970. The molecule has 0 unspecified atom stereocenters. The fraction of sp³-hybridized carbons (Fsp3) is 0.400. The molecule has 21 heavy (non-hydrogen) atoms. The molecule has 1 aromatic heterocycles. The van der Waals surface area contributed by atoms with Crippen LogP contribution >= 0.6 is 0 Å². The van der Waals surface area contributed by atoms with E-state index >= 15 is 0 Å². The highest BCUT2D eigenvalue weighted by molar-refractivity contribution is 5.49. The van der Waals surface area contributed by atoms with Gasteiger partial charge in [0.25, 0.3) is 0 Å². The summed E-state index contributed by atoms with van der Waals surface area (Å²) in [6, 6.07) is 2.86. The minimum atomic E-state index is -4.37. The number of halogens is 3. The average molecular weight is 296 g/mol. The van der Waals surface area contributed by atoms with E-state index in [4.69, 9.17) is 5.73 Å². The van der Waals surface area contributed by atoms with Crippen molar-refractivity contribution >= 4 is 0 Å². The van der Waals surface area contributed by atoms with Crippen molar-refractivity contribution in [3.8, 4) is 0 Å². The highest BCUT2D eigenvalue weighted by atomic mass is 19.4. The van der Waals surface area contributed by atoms with Crippen LogP contribution in [-0.4, -0.2) is 11.2 Å². The summed E-state index contributed by atoms with van der Waals surface area (Å²) in [6.45, 7) is 1.78. The monoisotopic (exact) mass is 296 g/mol. The number of nitrogens with one attached hydrogen (secondary N) is 1. The summed E-state index contributed by atoms with van der Waals surface area (Å²) in [5.74, 6) is -0.420. The van der Waals surface area contributed by atoms with Gasteiger partial charge in [-0.2, -0.15) is 13.2 Å². The van der Waals surface area contributed by atoms with Crippen LogP contribution in [0, 0.1) is 5.92 Å². The van der Waals surface area contributed by atoms with Crippen LogP contribution in [0.25, 0.3) is 0 Å². The number of allylic oxidation sites excluding steroid dienone is 2. The fourth-order valence-corrected chi connectivity index (χ4v) is 3.53. The van der Waals surface area contributed by atoms with Gasteiger partial charge in [-0.1, -0.05) is 12.2 Å². The molecule has 2 aliphatic carbocycles. The molecule has 0 aliphatic heterocycles. The molecule has 3 nitrogen and oxygen atoms in total. The maximum absolute atomic E-state index is 13.1. The van der Waals surface area contributed by atoms with Gasteiger partial charge in [-0.3, -0.25) is 4.79 Å². The molecular formula is C15H15F3N2O. The number of nitrogens with two attached hydrogens (primary N) is 1. The number of hydrogen-bond acceptors (Lipinski definition) is 2. The van der Waals surface area contributed by atoms with Crippen molar-refractivity contribution in [2.45, 2.75) is 31.5 Å². The summed E-state index contributed by atoms with van der Waals surface area (Å²) in [5, 5.41) is 0. The third-order valence-corrected chi connectivity index (χ3v) is 4.37. The predicted octanol–water partition coefficient (Wildman–Crippen LogP) is 2.54. The number of aromatic nitrogens is 1. The van der Waals surface area contributed by atoms with Crippen molar-refractivity contribution in [3.05, 3.63) is 57.0 Å². The van der Waals surface area contributed by atoms with E-state index in [9.17, 15) is 18.0 Å². The number of fused-ring (bicyclic) bond motifs is 4. The molecule has 0 saturated heterocycles. The molecule has 2 bridgehead atoms. The van der Waals surface area contributed by atoms with E-state index in [0.717, 1.165) is 5.57 Å². The summed E-state index contributed by atoms with van der Waals surface area (Å²) >= 11 is 0. The zero-order chi connectivity index (χ0) is 15.4. The topological polar surface area (TPSA) is 58.9 Å². The van der Waals surface area contributed by atoms with Crippen molar-refractivity contribution in [3.63, 3.8) is 0 Å². The standard InChI is InChI=1S/C15H15F3N2O/c1-2-10-8-5-9(15(16,17)18)7-14(10,19)11-3-4-13(21)20-12(11)6-8/h2-5,8H,6-7,19H2,1H3,(H,20,21)/b10-2+/t8-,14+/m0/s1. The fourth-order valence-electron chi connectivity index (χ4n) is 3.53. The molecule has 0 spiro atoms. The molecule has 2 atom stereocenters. The third-order valence-electron chi connectivity index (χ3n) is 4.37. The van der Waals surface area contributed by atoms with Crippen LogP contribution in [0.3, 0.4) is 0 Å². The van der Waals surface area contributed by atoms with Gasteiger partial charge in [-0.05, 0) is 30.5 Å². The Morgan fingerprint density at radius 2 is 2.14 bits per heavy atom. The van der Waals surface area contributed by atoms with E-state index < -0.39 is 23.2 Å². The van der Waals surface area contributed by atoms with Crippen LogP contribution in [-0.2, 0) is 12.0 Å². The first-order valence-corrected chi connectivity index (χ1v) is 6.72. The van der Waals surface area contributed by atoms with Crippen LogP contribution in [0.2, 0.25) is 0 Å². The van der Waals surface area contributed by atoms with Crippen LogP contribution in [0.15, 0.2) is 40.2 Å². The summed E-state index contributed by atoms with van der Waals surface area (Å²) in [4.78, 5) is 14.1. The molecule has 0 fully saturated rings. The van der Waals surface area contributed by atoms with Crippen molar-refractivity contribution in [2.24, 2.45) is 11.7 Å². The lowest BCUT2D eigenvalue weighted by Crippen LogP contribution is -2.49. The lowest BCUT2D eigenvalue weighted by atomic mass is 9.63. The zero-order valence-electron chi connectivity index (χ0n) is 11.4. The van der Waals surface area contributed by atoms with Crippen LogP contribution < -0.4 is 11.3 Å². The third kappa shape index (κ3) is 2.05. The molecule has 0 saturated carbocycles. The number of H-pyrrole nitrogens is 1. The Morgan fingerprint density at radius 1 is 1.43 bits per heavy atom. The van der Waals surface area contributed by atoms with E-state index in [0.29, 0.717) is 17.7 Å². The number of rotatable bonds is 0. The van der Waals surface area contributed by atoms with E-state index in [1.807, 2.05) is 0 Å². The van der Waals surface area contributed by atoms with Gasteiger partial charge in [0, 0.05) is 29.7 Å². The maximum atomic E-state index is 13.1. The average Bonchev–Trinajstić information content (AvgIpc) is 2.35. The molecule has 3 N–H and O–H groups in total. The molecule has 0 radical (unpaired) electrons. The van der Waals surface area contributed by atoms with E-state index in [2.05, 4.69) is 4.98 Å². The number of alkyl halides is 3. The number of aromatic amines is 1. The molecule has 1 heterocycles. The quantitative estimate of drug-likeness (QED) is 0.723. The highest BCUT2D eigenvalue weighted by Gasteiger charge is 2.49. The van der Waals surface area contributed by atoms with Crippen molar-refractivity contribution < 1.29 is 13.2 Å². The van der Waals surface area contributed by atoms with E-state index in [1.54, 1.807) is 19.1 Å². The van der Waals surface area contributed by atoms with Crippen LogP contribution in [0.1, 0.15) is 24.6 Å². The summed E-state index contributed by atoms with van der Waals surface area (Å²) in [6.07, 6.45) is -1.30. The highest BCUT2D eigenvalue weighted by Crippen LogP contribution is 2.50. The minimum Gasteiger partial charge on any atom is -0.326 e. The maximum Gasteiger partial charge on any atom is 0.412 e. The SMILES string of the molecule is C/C=C1\[C@H]2C=C(C(F)(F)F)C[C@]1(N)c1ccc(=O)[nH]c1C2. The first kappa shape index (κ1) is 14.1. The van der Waals surface area contributed by atoms with E-state index in [1.165, 1.54) is 12.1 Å². The van der Waals surface area contributed by atoms with Gasteiger partial charge in [-0.15, -0.1) is 0 Å². The van der Waals surface area contributed by atoms with Crippen LogP contribution in [0.5, 0.6) is 0 Å². The zero-order valence-corrected chi connectivity index (χ0v) is 11.4. The lowest BCUT2D eigenvalue weighted by Gasteiger charge is -2.45. The van der Waals surface area contributed by atoms with Gasteiger partial charge >= 0.3 is 6.18 Å². The summed E-state index contributed by atoms with van der Waals surface area (Å²) < 4.78 is 39.3. The van der Waals surface area contributed by atoms with Crippen molar-refractivity contribution in [1.29, 1.82) is 0 Å². The molecule has 2 aliphatic rings. The normalized spacial score (nSPS) is 30.0. The van der Waals surface area contributed by atoms with E-state index in [-0.39, 0.29) is 12.0 Å². The Hall–Kier alpha value is -1.82. The second-order valence-electron chi connectivity index (χ2n) is 5.61. The minimum absolute atomic E-state index is 0.264. The van der Waals surface area contributed by atoms with Crippen molar-refractivity contribution in [2.75, 3.05) is 0 Å². The van der Waals surface area contributed by atoms with Crippen molar-refractivity contribution in [1.82, 2.24) is 4.98 Å². The number of hydrogen-bond donors (Lipinski definition) is 2. The largest absolute Gasteiger partial charge is 0.412 e. The Balaban J connectivity index is 2.22. The second kappa shape index (κ2) is 4.34. The first-order valence-electron chi connectivity index (χ1n) is 6.72. The van der Waals surface area contributed by atoms with Gasteiger partial charge in [0.05, 0.1) is 5.54 Å². The van der Waals surface area contributed by atoms with Gasteiger partial charge in [0.1, 0.15) is 0 Å². The smallest absolute Gasteiger partial charge is 0.326 e. The molecule has 6 heteroatoms. The Bertz CT molecular complexity index is 714. The van der Waals surface area contributed by atoms with Crippen LogP contribution in [0.4, 0.5) is 13.2 Å². The van der Waals surface area contributed by atoms with Gasteiger partial charge in [-0.25, -0.2) is 0 Å². The number of pyridine rings is 1. The van der Waals surface area contributed by atoms with Gasteiger partial charge in [0.2, 0.25) is 5.56 Å². The Morgan fingerprint density at radius 3 is 2.76 bits per heavy atom. The Kier molecular flexibility index (Phi) is 2.92. The van der Waals surface area contributed by atoms with Gasteiger partial charge < -0.3 is 10.7 Å². The van der Waals surface area contributed by atoms with Gasteiger partial charge in [0.15, 0.2) is 0 Å². The second-order valence-corrected chi connectivity index (χ2v) is 5.61. The molecule has 1 aromatic rings.